The fraction of sp³-hybridized carbons (Fsp3) is 0.286. The molecule has 2 N–H and O–H groups in total. The van der Waals surface area contributed by atoms with Gasteiger partial charge in [-0.25, -0.2) is 9.18 Å². The van der Waals surface area contributed by atoms with Gasteiger partial charge in [0.2, 0.25) is 0 Å². The summed E-state index contributed by atoms with van der Waals surface area (Å²) >= 11 is 0. The van der Waals surface area contributed by atoms with Crippen LogP contribution in [0.2, 0.25) is 0 Å². The summed E-state index contributed by atoms with van der Waals surface area (Å²) < 4.78 is 12.6. The van der Waals surface area contributed by atoms with Gasteiger partial charge in [-0.15, -0.1) is 0 Å². The molecule has 0 aromatic rings. The molecule has 11 heavy (non-hydrogen) atoms. The van der Waals surface area contributed by atoms with Crippen molar-refractivity contribution in [2.75, 3.05) is 0 Å². The summed E-state index contributed by atoms with van der Waals surface area (Å²) in [7, 11) is 0. The van der Waals surface area contributed by atoms with Crippen LogP contribution in [0.1, 0.15) is 13.8 Å². The molecule has 0 aromatic heterocycles. The van der Waals surface area contributed by atoms with Crippen LogP contribution >= 0.6 is 0 Å². The lowest BCUT2D eigenvalue weighted by molar-refractivity contribution is -0.132. The summed E-state index contributed by atoms with van der Waals surface area (Å²) in [6, 6.07) is 0. The quantitative estimate of drug-likeness (QED) is 0.367. The third-order valence-electron chi connectivity index (χ3n) is 1.07. The minimum atomic E-state index is -1.47. The number of aliphatic hydroxyl groups is 1. The monoisotopic (exact) mass is 160 g/mol. The highest BCUT2D eigenvalue weighted by Gasteiger charge is 2.15. The molecule has 0 aromatic carbocycles. The number of aliphatic hydroxyl groups excluding tert-OH is 1. The topological polar surface area (TPSA) is 57.5 Å². The molecule has 0 atom stereocenters. The lowest BCUT2D eigenvalue weighted by Gasteiger charge is -1.98. The number of aliphatic carboxylic acids is 1. The molecule has 0 heterocycles. The Balaban J connectivity index is 4.95. The number of carbonyl (C=O) groups is 1. The van der Waals surface area contributed by atoms with E-state index in [2.05, 4.69) is 0 Å². The maximum atomic E-state index is 12.6. The number of hydrogen-bond donors (Lipinski definition) is 2. The average molecular weight is 160 g/mol. The molecule has 0 rings (SSSR count). The zero-order valence-corrected chi connectivity index (χ0v) is 6.26. The van der Waals surface area contributed by atoms with E-state index in [9.17, 15) is 9.18 Å². The summed E-state index contributed by atoms with van der Waals surface area (Å²) in [4.78, 5) is 10.2. The Labute approximate surface area is 63.5 Å². The van der Waals surface area contributed by atoms with E-state index in [1.54, 1.807) is 0 Å². The Hall–Kier alpha value is -1.32. The molecule has 0 saturated heterocycles. The fourth-order valence-electron chi connectivity index (χ4n) is 0.574. The Kier molecular flexibility index (Phi) is 3.30. The first-order chi connectivity index (χ1) is 5.00. The molecular formula is C7H9FO3. The summed E-state index contributed by atoms with van der Waals surface area (Å²) in [6.07, 6.45) is 0.975. The highest BCUT2D eigenvalue weighted by atomic mass is 19.1. The molecule has 0 spiro atoms. The van der Waals surface area contributed by atoms with Crippen LogP contribution in [0.3, 0.4) is 0 Å². The fourth-order valence-corrected chi connectivity index (χ4v) is 0.574. The Bertz CT molecular complexity index is 224. The maximum absolute atomic E-state index is 12.6. The van der Waals surface area contributed by atoms with Crippen molar-refractivity contribution in [2.24, 2.45) is 0 Å². The van der Waals surface area contributed by atoms with Gasteiger partial charge in [0.05, 0.1) is 0 Å². The second kappa shape index (κ2) is 3.75. The van der Waals surface area contributed by atoms with Crippen molar-refractivity contribution in [3.63, 3.8) is 0 Å². The number of halogens is 1. The van der Waals surface area contributed by atoms with Crippen molar-refractivity contribution in [1.82, 2.24) is 0 Å². The molecule has 0 aliphatic heterocycles. The van der Waals surface area contributed by atoms with Gasteiger partial charge in [0.1, 0.15) is 17.2 Å². The van der Waals surface area contributed by atoms with E-state index in [0.29, 0.717) is 0 Å². The highest BCUT2D eigenvalue weighted by molar-refractivity contribution is 5.91. The molecule has 62 valence electrons. The molecule has 0 bridgehead atoms. The largest absolute Gasteiger partial charge is 0.512 e. The molecule has 0 aliphatic rings. The number of carboxylic acid groups (broad SMARTS) is 1. The van der Waals surface area contributed by atoms with E-state index in [1.807, 2.05) is 0 Å². The van der Waals surface area contributed by atoms with Gasteiger partial charge in [-0.1, -0.05) is 6.08 Å². The summed E-state index contributed by atoms with van der Waals surface area (Å²) in [5.41, 5.74) is -0.687. The number of allylic oxidation sites excluding steroid dienone is 2. The lowest BCUT2D eigenvalue weighted by atomic mass is 10.2. The summed E-state index contributed by atoms with van der Waals surface area (Å²) in [5.74, 6) is -2.94. The molecule has 0 aliphatic carbocycles. The lowest BCUT2D eigenvalue weighted by Crippen LogP contribution is -2.03. The van der Waals surface area contributed by atoms with Crippen LogP contribution in [-0.4, -0.2) is 16.2 Å². The molecule has 3 nitrogen and oxygen atoms in total. The highest BCUT2D eigenvalue weighted by Crippen LogP contribution is 2.14. The van der Waals surface area contributed by atoms with Gasteiger partial charge in [0, 0.05) is 0 Å². The zero-order valence-electron chi connectivity index (χ0n) is 6.26. The van der Waals surface area contributed by atoms with Gasteiger partial charge in [-0.2, -0.15) is 0 Å². The van der Waals surface area contributed by atoms with Crippen LogP contribution in [0.25, 0.3) is 0 Å². The second-order valence-electron chi connectivity index (χ2n) is 1.90. The Morgan fingerprint density at radius 1 is 1.45 bits per heavy atom. The maximum Gasteiger partial charge on any atom is 0.342 e. The SMILES string of the molecule is C/C=C(F)\C(C(=O)O)=C(/C)O. The van der Waals surface area contributed by atoms with Gasteiger partial charge in [-0.05, 0) is 13.8 Å². The summed E-state index contributed by atoms with van der Waals surface area (Å²) in [5, 5.41) is 17.0. The molecule has 0 amide bonds. The van der Waals surface area contributed by atoms with E-state index in [-0.39, 0.29) is 0 Å². The molecule has 0 unspecified atom stereocenters. The smallest absolute Gasteiger partial charge is 0.342 e. The Morgan fingerprint density at radius 3 is 2.00 bits per heavy atom. The first kappa shape index (κ1) is 9.68. The van der Waals surface area contributed by atoms with Crippen LogP contribution < -0.4 is 0 Å². The third-order valence-corrected chi connectivity index (χ3v) is 1.07. The van der Waals surface area contributed by atoms with Crippen LogP contribution in [0, 0.1) is 0 Å². The molecule has 0 saturated carbocycles. The number of rotatable bonds is 2. The minimum Gasteiger partial charge on any atom is -0.512 e. The molecule has 0 fully saturated rings. The number of carboxylic acids is 1. The van der Waals surface area contributed by atoms with E-state index < -0.39 is 23.1 Å². The van der Waals surface area contributed by atoms with Crippen molar-refractivity contribution < 1.29 is 19.4 Å². The average Bonchev–Trinajstić information content (AvgIpc) is 1.85. The standard InChI is InChI=1S/C7H9FO3/c1-3-5(8)6(4(2)9)7(10)11/h3,9H,1-2H3,(H,10,11)/b5-3+,6-4-. The molecule has 0 radical (unpaired) electrons. The normalized spacial score (nSPS) is 14.3. The second-order valence-corrected chi connectivity index (χ2v) is 1.90. The van der Waals surface area contributed by atoms with Crippen LogP contribution in [0.15, 0.2) is 23.2 Å². The third kappa shape index (κ3) is 2.41. The van der Waals surface area contributed by atoms with Gasteiger partial charge in [0.15, 0.2) is 0 Å². The first-order valence-corrected chi connectivity index (χ1v) is 2.96. The van der Waals surface area contributed by atoms with Crippen LogP contribution in [0.4, 0.5) is 4.39 Å². The number of hydrogen-bond acceptors (Lipinski definition) is 2. The first-order valence-electron chi connectivity index (χ1n) is 2.96. The van der Waals surface area contributed by atoms with Crippen LogP contribution in [-0.2, 0) is 4.79 Å². The summed E-state index contributed by atoms with van der Waals surface area (Å²) in [6.45, 7) is 2.47. The van der Waals surface area contributed by atoms with Crippen molar-refractivity contribution in [3.8, 4) is 0 Å². The molecular weight excluding hydrogens is 151 g/mol. The van der Waals surface area contributed by atoms with Gasteiger partial charge in [0.25, 0.3) is 0 Å². The van der Waals surface area contributed by atoms with Crippen molar-refractivity contribution >= 4 is 5.97 Å². The van der Waals surface area contributed by atoms with E-state index in [4.69, 9.17) is 10.2 Å². The van der Waals surface area contributed by atoms with Gasteiger partial charge < -0.3 is 10.2 Å². The van der Waals surface area contributed by atoms with Crippen molar-refractivity contribution in [1.29, 1.82) is 0 Å². The van der Waals surface area contributed by atoms with E-state index in [1.165, 1.54) is 6.92 Å². The van der Waals surface area contributed by atoms with E-state index >= 15 is 0 Å². The van der Waals surface area contributed by atoms with Crippen molar-refractivity contribution in [3.05, 3.63) is 23.2 Å². The van der Waals surface area contributed by atoms with E-state index in [0.717, 1.165) is 13.0 Å². The predicted octanol–water partition coefficient (Wildman–Crippen LogP) is 1.78. The zero-order chi connectivity index (χ0) is 9.02. The molecule has 4 heteroatoms. The van der Waals surface area contributed by atoms with Gasteiger partial charge in [-0.3, -0.25) is 0 Å². The van der Waals surface area contributed by atoms with Crippen LogP contribution in [0.5, 0.6) is 0 Å². The predicted molar refractivity (Wildman–Crippen MR) is 37.8 cm³/mol. The Morgan fingerprint density at radius 2 is 1.91 bits per heavy atom. The minimum absolute atomic E-state index is 0.534. The van der Waals surface area contributed by atoms with Gasteiger partial charge >= 0.3 is 5.97 Å². The van der Waals surface area contributed by atoms with Crippen molar-refractivity contribution in [2.45, 2.75) is 13.8 Å².